The highest BCUT2D eigenvalue weighted by Gasteiger charge is 2.11. The van der Waals surface area contributed by atoms with Crippen molar-refractivity contribution in [2.75, 3.05) is 17.7 Å². The molecular weight excluding hydrogens is 318 g/mol. The average molecular weight is 335 g/mol. The van der Waals surface area contributed by atoms with Gasteiger partial charge in [0.05, 0.1) is 11.4 Å². The van der Waals surface area contributed by atoms with E-state index in [0.717, 1.165) is 22.8 Å². The molecule has 0 amide bonds. The molecule has 2 N–H and O–H groups in total. The Kier molecular flexibility index (Phi) is 4.54. The second-order valence-electron chi connectivity index (χ2n) is 5.42. The number of carbonyl (C=O) groups excluding carboxylic acids is 1. The summed E-state index contributed by atoms with van der Waals surface area (Å²) < 4.78 is 1.70. The summed E-state index contributed by atoms with van der Waals surface area (Å²) >= 11 is 0. The van der Waals surface area contributed by atoms with Crippen LogP contribution in [0.4, 0.5) is 23.0 Å². The van der Waals surface area contributed by atoms with Crippen LogP contribution in [0.15, 0.2) is 41.7 Å². The second kappa shape index (κ2) is 6.94. The standard InChI is InChI=1S/C17H17N7O/c1-11-4-5-13(21-10-25)7-14(11)22-17-6-12(2)23-24(17)16-8-15(18-3)19-9-20-16/h4-9,22H,1-3H3,(H,18,19,20). The monoisotopic (exact) mass is 335 g/mol. The molecule has 1 aromatic carbocycles. The van der Waals surface area contributed by atoms with E-state index in [2.05, 4.69) is 30.7 Å². The largest absolute Gasteiger partial charge is 0.373 e. The topological polar surface area (TPSA) is 97.1 Å². The molecule has 0 unspecified atom stereocenters. The Hall–Kier alpha value is -3.51. The number of hydrogen-bond donors (Lipinski definition) is 2. The first-order chi connectivity index (χ1) is 12.1. The van der Waals surface area contributed by atoms with E-state index in [9.17, 15) is 4.79 Å². The number of aliphatic imine (C=N–C) groups is 1. The zero-order valence-electron chi connectivity index (χ0n) is 14.1. The lowest BCUT2D eigenvalue weighted by Gasteiger charge is -2.12. The molecule has 3 rings (SSSR count). The third-order valence-electron chi connectivity index (χ3n) is 3.62. The third kappa shape index (κ3) is 3.54. The summed E-state index contributed by atoms with van der Waals surface area (Å²) in [7, 11) is 1.79. The van der Waals surface area contributed by atoms with E-state index in [4.69, 9.17) is 0 Å². The van der Waals surface area contributed by atoms with E-state index in [-0.39, 0.29) is 0 Å². The van der Waals surface area contributed by atoms with Crippen LogP contribution in [0.3, 0.4) is 0 Å². The van der Waals surface area contributed by atoms with Gasteiger partial charge in [0.15, 0.2) is 5.82 Å². The Morgan fingerprint density at radius 2 is 2.00 bits per heavy atom. The van der Waals surface area contributed by atoms with Crippen LogP contribution < -0.4 is 10.6 Å². The van der Waals surface area contributed by atoms with Gasteiger partial charge in [0.25, 0.3) is 0 Å². The first-order valence-corrected chi connectivity index (χ1v) is 7.63. The molecule has 2 heterocycles. The molecule has 0 aliphatic rings. The van der Waals surface area contributed by atoms with Gasteiger partial charge in [-0.3, -0.25) is 0 Å². The summed E-state index contributed by atoms with van der Waals surface area (Å²) in [5.74, 6) is 2.07. The SMILES string of the molecule is CNc1cc(-n2nc(C)cc2Nc2cc(N=C=O)ccc2C)ncn1. The van der Waals surface area contributed by atoms with Crippen LogP contribution in [-0.4, -0.2) is 32.9 Å². The van der Waals surface area contributed by atoms with Gasteiger partial charge in [0, 0.05) is 24.9 Å². The number of benzene rings is 1. The molecule has 0 atom stereocenters. The lowest BCUT2D eigenvalue weighted by atomic mass is 10.2. The van der Waals surface area contributed by atoms with Crippen molar-refractivity contribution in [3.05, 3.63) is 47.9 Å². The maximum atomic E-state index is 10.5. The molecule has 0 aliphatic carbocycles. The highest BCUT2D eigenvalue weighted by molar-refractivity contribution is 5.67. The summed E-state index contributed by atoms with van der Waals surface area (Å²) in [5, 5.41) is 10.8. The zero-order chi connectivity index (χ0) is 17.8. The van der Waals surface area contributed by atoms with Gasteiger partial charge in [-0.05, 0) is 31.5 Å². The highest BCUT2D eigenvalue weighted by Crippen LogP contribution is 2.27. The second-order valence-corrected chi connectivity index (χ2v) is 5.42. The number of hydrogen-bond acceptors (Lipinski definition) is 7. The minimum absolute atomic E-state index is 0.533. The average Bonchev–Trinajstić information content (AvgIpc) is 2.98. The minimum Gasteiger partial charge on any atom is -0.373 e. The molecule has 0 radical (unpaired) electrons. The van der Waals surface area contributed by atoms with Crippen LogP contribution in [-0.2, 0) is 4.79 Å². The number of anilines is 3. The molecule has 25 heavy (non-hydrogen) atoms. The van der Waals surface area contributed by atoms with E-state index in [1.165, 1.54) is 6.33 Å². The number of aromatic nitrogens is 4. The van der Waals surface area contributed by atoms with Crippen LogP contribution >= 0.6 is 0 Å². The fourth-order valence-electron chi connectivity index (χ4n) is 2.37. The summed E-state index contributed by atoms with van der Waals surface area (Å²) in [5.41, 5.74) is 3.20. The molecule has 0 bridgehead atoms. The molecule has 8 heteroatoms. The van der Waals surface area contributed by atoms with E-state index in [0.29, 0.717) is 17.3 Å². The van der Waals surface area contributed by atoms with Crippen LogP contribution in [0.2, 0.25) is 0 Å². The van der Waals surface area contributed by atoms with Gasteiger partial charge in [-0.25, -0.2) is 14.8 Å². The van der Waals surface area contributed by atoms with E-state index < -0.39 is 0 Å². The van der Waals surface area contributed by atoms with E-state index in [1.54, 1.807) is 36.0 Å². The maximum absolute atomic E-state index is 10.5. The van der Waals surface area contributed by atoms with E-state index in [1.807, 2.05) is 26.0 Å². The lowest BCUT2D eigenvalue weighted by molar-refractivity contribution is 0.565. The molecule has 8 nitrogen and oxygen atoms in total. The van der Waals surface area contributed by atoms with Crippen molar-refractivity contribution in [3.8, 4) is 5.82 Å². The number of nitrogens with one attached hydrogen (secondary N) is 2. The van der Waals surface area contributed by atoms with Crippen molar-refractivity contribution in [1.29, 1.82) is 0 Å². The summed E-state index contributed by atoms with van der Waals surface area (Å²) in [6.45, 7) is 3.87. The number of rotatable bonds is 5. The van der Waals surface area contributed by atoms with Gasteiger partial charge < -0.3 is 10.6 Å². The number of aryl methyl sites for hydroxylation is 2. The summed E-state index contributed by atoms with van der Waals surface area (Å²) in [4.78, 5) is 22.5. The Morgan fingerprint density at radius 3 is 2.76 bits per heavy atom. The van der Waals surface area contributed by atoms with Gasteiger partial charge >= 0.3 is 0 Å². The molecule has 0 saturated carbocycles. The van der Waals surface area contributed by atoms with Crippen molar-refractivity contribution in [2.45, 2.75) is 13.8 Å². The van der Waals surface area contributed by atoms with Crippen LogP contribution in [0.5, 0.6) is 0 Å². The molecule has 0 saturated heterocycles. The first kappa shape index (κ1) is 16.4. The smallest absolute Gasteiger partial charge is 0.240 e. The fourth-order valence-corrected chi connectivity index (χ4v) is 2.37. The Balaban J connectivity index is 2.02. The highest BCUT2D eigenvalue weighted by atomic mass is 16.1. The van der Waals surface area contributed by atoms with Crippen LogP contribution in [0.1, 0.15) is 11.3 Å². The predicted molar refractivity (Wildman–Crippen MR) is 95.7 cm³/mol. The molecule has 0 fully saturated rings. The van der Waals surface area contributed by atoms with Crippen molar-refractivity contribution < 1.29 is 4.79 Å². The molecular formula is C17H17N7O. The zero-order valence-corrected chi connectivity index (χ0v) is 14.1. The van der Waals surface area contributed by atoms with E-state index >= 15 is 0 Å². The Bertz CT molecular complexity index is 957. The molecule has 0 spiro atoms. The number of isocyanates is 1. The van der Waals surface area contributed by atoms with Gasteiger partial charge in [0.2, 0.25) is 6.08 Å². The Labute approximate surface area is 144 Å². The van der Waals surface area contributed by atoms with Crippen molar-refractivity contribution in [2.24, 2.45) is 4.99 Å². The van der Waals surface area contributed by atoms with Crippen molar-refractivity contribution in [3.63, 3.8) is 0 Å². The van der Waals surface area contributed by atoms with Crippen molar-refractivity contribution >= 4 is 29.1 Å². The fraction of sp³-hybridized carbons (Fsp3) is 0.176. The third-order valence-corrected chi connectivity index (χ3v) is 3.62. The molecule has 0 aliphatic heterocycles. The van der Waals surface area contributed by atoms with Gasteiger partial charge in [0.1, 0.15) is 18.0 Å². The van der Waals surface area contributed by atoms with Crippen LogP contribution in [0.25, 0.3) is 5.82 Å². The molecule has 126 valence electrons. The van der Waals surface area contributed by atoms with Gasteiger partial charge in [-0.1, -0.05) is 6.07 Å². The van der Waals surface area contributed by atoms with Crippen molar-refractivity contribution in [1.82, 2.24) is 19.7 Å². The number of nitrogens with zero attached hydrogens (tertiary/aromatic N) is 5. The Morgan fingerprint density at radius 1 is 1.16 bits per heavy atom. The predicted octanol–water partition coefficient (Wildman–Crippen LogP) is 3.03. The van der Waals surface area contributed by atoms with Gasteiger partial charge in [-0.2, -0.15) is 14.8 Å². The molecule has 3 aromatic rings. The quantitative estimate of drug-likeness (QED) is 0.549. The summed E-state index contributed by atoms with van der Waals surface area (Å²) in [6, 6.07) is 9.15. The molecule has 2 aromatic heterocycles. The lowest BCUT2D eigenvalue weighted by Crippen LogP contribution is -2.06. The normalized spacial score (nSPS) is 10.2. The van der Waals surface area contributed by atoms with Crippen LogP contribution in [0, 0.1) is 13.8 Å². The minimum atomic E-state index is 0.533. The first-order valence-electron chi connectivity index (χ1n) is 7.63. The van der Waals surface area contributed by atoms with Gasteiger partial charge in [-0.15, -0.1) is 0 Å². The maximum Gasteiger partial charge on any atom is 0.240 e. The summed E-state index contributed by atoms with van der Waals surface area (Å²) in [6.07, 6.45) is 3.03.